The molecule has 6 heteroatoms. The van der Waals surface area contributed by atoms with Crippen molar-refractivity contribution in [2.45, 2.75) is 57.5 Å². The number of rotatable bonds is 7. The van der Waals surface area contributed by atoms with Crippen LogP contribution in [0.25, 0.3) is 0 Å². The third-order valence-electron chi connectivity index (χ3n) is 4.66. The van der Waals surface area contributed by atoms with Gasteiger partial charge in [-0.1, -0.05) is 6.07 Å². The van der Waals surface area contributed by atoms with Crippen molar-refractivity contribution in [3.63, 3.8) is 0 Å². The summed E-state index contributed by atoms with van der Waals surface area (Å²) in [4.78, 5) is 4.68. The van der Waals surface area contributed by atoms with Crippen molar-refractivity contribution in [2.75, 3.05) is 20.2 Å². The van der Waals surface area contributed by atoms with E-state index in [1.54, 1.807) is 7.11 Å². The second-order valence-corrected chi connectivity index (χ2v) is 6.69. The predicted octanol–water partition coefficient (Wildman–Crippen LogP) is 2.34. The first kappa shape index (κ1) is 17.9. The van der Waals surface area contributed by atoms with E-state index in [2.05, 4.69) is 22.5 Å². The van der Waals surface area contributed by atoms with Crippen molar-refractivity contribution >= 4 is 5.96 Å². The fraction of sp³-hybridized carbons (Fsp3) is 0.632. The molecule has 0 amide bonds. The van der Waals surface area contributed by atoms with Crippen LogP contribution in [0.15, 0.2) is 29.3 Å². The van der Waals surface area contributed by atoms with Crippen molar-refractivity contribution in [1.29, 1.82) is 0 Å². The van der Waals surface area contributed by atoms with Gasteiger partial charge in [-0.05, 0) is 45.2 Å². The number of guanidine groups is 1. The summed E-state index contributed by atoms with van der Waals surface area (Å²) in [6.45, 7) is 5.50. The van der Waals surface area contributed by atoms with Gasteiger partial charge in [0.2, 0.25) is 0 Å². The number of hydrogen-bond donors (Lipinski definition) is 2. The largest absolute Gasteiger partial charge is 0.497 e. The Morgan fingerprint density at radius 1 is 1.36 bits per heavy atom. The van der Waals surface area contributed by atoms with Crippen LogP contribution >= 0.6 is 0 Å². The molecule has 0 spiro atoms. The minimum absolute atomic E-state index is 0.0289. The van der Waals surface area contributed by atoms with Crippen molar-refractivity contribution in [3.05, 3.63) is 24.3 Å². The molecule has 0 saturated carbocycles. The fourth-order valence-electron chi connectivity index (χ4n) is 3.45. The van der Waals surface area contributed by atoms with Crippen LogP contribution in [0.5, 0.6) is 11.5 Å². The first-order valence-corrected chi connectivity index (χ1v) is 9.19. The first-order valence-electron chi connectivity index (χ1n) is 9.19. The fourth-order valence-corrected chi connectivity index (χ4v) is 3.45. The van der Waals surface area contributed by atoms with Crippen molar-refractivity contribution in [1.82, 2.24) is 10.6 Å². The molecule has 4 atom stereocenters. The van der Waals surface area contributed by atoms with Crippen molar-refractivity contribution < 1.29 is 14.2 Å². The number of ether oxygens (including phenoxy) is 3. The van der Waals surface area contributed by atoms with E-state index in [0.717, 1.165) is 36.8 Å². The number of nitrogens with one attached hydrogen (secondary N) is 2. The lowest BCUT2D eigenvalue weighted by molar-refractivity contribution is 0.0992. The average Bonchev–Trinajstić information content (AvgIpc) is 3.23. The van der Waals surface area contributed by atoms with E-state index < -0.39 is 0 Å². The highest BCUT2D eigenvalue weighted by atomic mass is 16.5. The van der Waals surface area contributed by atoms with Gasteiger partial charge in [0.15, 0.2) is 5.96 Å². The van der Waals surface area contributed by atoms with Gasteiger partial charge in [-0.15, -0.1) is 0 Å². The Morgan fingerprint density at radius 2 is 2.20 bits per heavy atom. The third-order valence-corrected chi connectivity index (χ3v) is 4.66. The van der Waals surface area contributed by atoms with Crippen LogP contribution in [-0.2, 0) is 4.74 Å². The predicted molar refractivity (Wildman–Crippen MR) is 98.5 cm³/mol. The van der Waals surface area contributed by atoms with Crippen LogP contribution in [0, 0.1) is 0 Å². The van der Waals surface area contributed by atoms with Gasteiger partial charge in [0.05, 0.1) is 31.9 Å². The molecule has 2 fully saturated rings. The molecule has 2 bridgehead atoms. The summed E-state index contributed by atoms with van der Waals surface area (Å²) < 4.78 is 17.1. The zero-order valence-electron chi connectivity index (χ0n) is 15.3. The van der Waals surface area contributed by atoms with E-state index in [0.29, 0.717) is 24.8 Å². The third kappa shape index (κ3) is 4.78. The number of fused-ring (bicyclic) bond motifs is 2. The quantitative estimate of drug-likeness (QED) is 0.585. The SMILES string of the molecule is CCNC(=NCC(C)Oc1cccc(OC)c1)NC1CC2CCC1O2. The second kappa shape index (κ2) is 8.43. The molecule has 1 aromatic rings. The monoisotopic (exact) mass is 347 g/mol. The molecule has 2 heterocycles. The zero-order chi connectivity index (χ0) is 17.6. The molecule has 0 radical (unpaired) electrons. The maximum absolute atomic E-state index is 5.94. The summed E-state index contributed by atoms with van der Waals surface area (Å²) in [5.74, 6) is 2.42. The van der Waals surface area contributed by atoms with Gasteiger partial charge >= 0.3 is 0 Å². The smallest absolute Gasteiger partial charge is 0.191 e. The lowest BCUT2D eigenvalue weighted by Crippen LogP contribution is -2.47. The Balaban J connectivity index is 1.53. The molecule has 138 valence electrons. The van der Waals surface area contributed by atoms with E-state index in [1.165, 1.54) is 6.42 Å². The Bertz CT molecular complexity index is 593. The highest BCUT2D eigenvalue weighted by Gasteiger charge is 2.41. The Morgan fingerprint density at radius 3 is 2.88 bits per heavy atom. The Hall–Kier alpha value is -1.95. The van der Waals surface area contributed by atoms with Crippen LogP contribution in [0.1, 0.15) is 33.1 Å². The second-order valence-electron chi connectivity index (χ2n) is 6.69. The molecule has 2 N–H and O–H groups in total. The number of hydrogen-bond acceptors (Lipinski definition) is 4. The van der Waals surface area contributed by atoms with Crippen LogP contribution in [0.3, 0.4) is 0 Å². The van der Waals surface area contributed by atoms with Crippen LogP contribution in [0.2, 0.25) is 0 Å². The molecule has 2 aliphatic heterocycles. The summed E-state index contributed by atoms with van der Waals surface area (Å²) in [6.07, 6.45) is 4.16. The molecule has 0 aliphatic carbocycles. The number of nitrogens with zero attached hydrogens (tertiary/aromatic N) is 1. The first-order chi connectivity index (χ1) is 12.2. The lowest BCUT2D eigenvalue weighted by atomic mass is 9.96. The number of methoxy groups -OCH3 is 1. The molecule has 0 aromatic heterocycles. The van der Waals surface area contributed by atoms with Crippen LogP contribution in [0.4, 0.5) is 0 Å². The summed E-state index contributed by atoms with van der Waals surface area (Å²) in [7, 11) is 1.65. The molecule has 2 aliphatic rings. The standard InChI is InChI=1S/C19H29N3O3/c1-4-20-19(22-17-11-16-8-9-18(17)25-16)21-12-13(2)24-15-7-5-6-14(10-15)23-3/h5-7,10,13,16-18H,4,8-9,11-12H2,1-3H3,(H2,20,21,22). The highest BCUT2D eigenvalue weighted by molar-refractivity contribution is 5.80. The van der Waals surface area contributed by atoms with Gasteiger partial charge in [-0.2, -0.15) is 0 Å². The topological polar surface area (TPSA) is 64.1 Å². The molecular weight excluding hydrogens is 318 g/mol. The van der Waals surface area contributed by atoms with Crippen LogP contribution in [-0.4, -0.2) is 50.5 Å². The maximum Gasteiger partial charge on any atom is 0.191 e. The lowest BCUT2D eigenvalue weighted by Gasteiger charge is -2.23. The van der Waals surface area contributed by atoms with E-state index >= 15 is 0 Å². The minimum atomic E-state index is -0.0289. The molecule has 3 rings (SSSR count). The van der Waals surface area contributed by atoms with Gasteiger partial charge in [-0.25, -0.2) is 4.99 Å². The van der Waals surface area contributed by atoms with Crippen molar-refractivity contribution in [3.8, 4) is 11.5 Å². The van der Waals surface area contributed by atoms with E-state index in [1.807, 2.05) is 31.2 Å². The Labute approximate surface area is 149 Å². The molecule has 4 unspecified atom stereocenters. The maximum atomic E-state index is 5.94. The molecular formula is C19H29N3O3. The van der Waals surface area contributed by atoms with Crippen molar-refractivity contribution in [2.24, 2.45) is 4.99 Å². The molecule has 1 aromatic carbocycles. The van der Waals surface area contributed by atoms with Gasteiger partial charge < -0.3 is 24.8 Å². The van der Waals surface area contributed by atoms with Gasteiger partial charge in [-0.3, -0.25) is 0 Å². The van der Waals surface area contributed by atoms with Gasteiger partial charge in [0, 0.05) is 12.6 Å². The average molecular weight is 347 g/mol. The van der Waals surface area contributed by atoms with E-state index in [-0.39, 0.29) is 6.10 Å². The highest BCUT2D eigenvalue weighted by Crippen LogP contribution is 2.34. The molecule has 6 nitrogen and oxygen atoms in total. The van der Waals surface area contributed by atoms with Gasteiger partial charge in [0.25, 0.3) is 0 Å². The van der Waals surface area contributed by atoms with Gasteiger partial charge in [0.1, 0.15) is 17.6 Å². The zero-order valence-corrected chi connectivity index (χ0v) is 15.3. The summed E-state index contributed by atoms with van der Waals surface area (Å²) in [5, 5.41) is 6.84. The minimum Gasteiger partial charge on any atom is -0.497 e. The molecule has 2 saturated heterocycles. The summed E-state index contributed by atoms with van der Waals surface area (Å²) in [6, 6.07) is 8.01. The molecule has 25 heavy (non-hydrogen) atoms. The number of aliphatic imine (C=N–C) groups is 1. The number of benzene rings is 1. The van der Waals surface area contributed by atoms with E-state index in [4.69, 9.17) is 14.2 Å². The summed E-state index contributed by atoms with van der Waals surface area (Å²) in [5.41, 5.74) is 0. The summed E-state index contributed by atoms with van der Waals surface area (Å²) >= 11 is 0. The van der Waals surface area contributed by atoms with Crippen LogP contribution < -0.4 is 20.1 Å². The normalized spacial score (nSPS) is 26.4. The Kier molecular flexibility index (Phi) is 6.02. The van der Waals surface area contributed by atoms with E-state index in [9.17, 15) is 0 Å².